The van der Waals surface area contributed by atoms with Gasteiger partial charge in [0.15, 0.2) is 0 Å². The van der Waals surface area contributed by atoms with E-state index < -0.39 is 0 Å². The molecular weight excluding hydrogens is 226 g/mol. The first-order chi connectivity index (χ1) is 6.31. The lowest BCUT2D eigenvalue weighted by atomic mass is 10.0. The summed E-state index contributed by atoms with van der Waals surface area (Å²) in [6, 6.07) is 1.72. The molecule has 0 saturated carbocycles. The van der Waals surface area contributed by atoms with E-state index >= 15 is 0 Å². The van der Waals surface area contributed by atoms with Crippen LogP contribution in [0.5, 0.6) is 0 Å². The van der Waals surface area contributed by atoms with Crippen LogP contribution in [0.1, 0.15) is 32.6 Å². The fourth-order valence-electron chi connectivity index (χ4n) is 2.73. The molecule has 2 aliphatic heterocycles. The number of allylic oxidation sites excluding steroid dienone is 1. The van der Waals surface area contributed by atoms with Crippen molar-refractivity contribution in [2.24, 2.45) is 0 Å². The quantitative estimate of drug-likeness (QED) is 0.533. The summed E-state index contributed by atoms with van der Waals surface area (Å²) in [6.07, 6.45) is 10.0. The smallest absolute Gasteiger partial charge is 0.0175 e. The van der Waals surface area contributed by atoms with Crippen LogP contribution < -0.4 is 0 Å². The number of hydrogen-bond acceptors (Lipinski definition) is 1. The second-order valence-electron chi connectivity index (χ2n) is 4.22. The van der Waals surface area contributed by atoms with E-state index in [0.717, 1.165) is 16.9 Å². The van der Waals surface area contributed by atoms with E-state index in [2.05, 4.69) is 39.9 Å². The normalized spacial score (nSPS) is 40.3. The molecule has 2 heterocycles. The van der Waals surface area contributed by atoms with E-state index in [1.807, 2.05) is 0 Å². The molecule has 2 saturated heterocycles. The molecule has 2 unspecified atom stereocenters. The first-order valence-electron chi connectivity index (χ1n) is 5.32. The monoisotopic (exact) mass is 243 g/mol. The number of alkyl halides is 1. The Hall–Kier alpha value is 0.180. The molecule has 2 fully saturated rings. The molecule has 0 aliphatic carbocycles. The lowest BCUT2D eigenvalue weighted by molar-refractivity contribution is 0.163. The Labute approximate surface area is 89.3 Å². The molecule has 0 aromatic heterocycles. The van der Waals surface area contributed by atoms with E-state index in [4.69, 9.17) is 0 Å². The van der Waals surface area contributed by atoms with Crippen LogP contribution in [0.3, 0.4) is 0 Å². The van der Waals surface area contributed by atoms with Crippen LogP contribution >= 0.6 is 15.9 Å². The van der Waals surface area contributed by atoms with Gasteiger partial charge in [0.25, 0.3) is 0 Å². The highest BCUT2D eigenvalue weighted by Gasteiger charge is 2.38. The number of nitrogens with zero attached hydrogens (tertiary/aromatic N) is 1. The Balaban J connectivity index is 1.98. The van der Waals surface area contributed by atoms with Crippen molar-refractivity contribution in [2.45, 2.75) is 49.5 Å². The predicted molar refractivity (Wildman–Crippen MR) is 60.3 cm³/mol. The molecule has 0 aromatic carbocycles. The number of halogens is 1. The first kappa shape index (κ1) is 9.72. The fourth-order valence-corrected chi connectivity index (χ4v) is 3.60. The van der Waals surface area contributed by atoms with Gasteiger partial charge in [0.05, 0.1) is 0 Å². The van der Waals surface area contributed by atoms with Crippen molar-refractivity contribution in [1.82, 2.24) is 4.90 Å². The minimum atomic E-state index is 0.784. The van der Waals surface area contributed by atoms with Crippen LogP contribution in [-0.2, 0) is 0 Å². The molecule has 0 spiro atoms. The van der Waals surface area contributed by atoms with Gasteiger partial charge in [-0.05, 0) is 32.6 Å². The molecule has 2 aliphatic rings. The minimum Gasteiger partial charge on any atom is -0.294 e. The van der Waals surface area contributed by atoms with Gasteiger partial charge >= 0.3 is 0 Å². The van der Waals surface area contributed by atoms with Gasteiger partial charge in [-0.15, -0.1) is 0 Å². The van der Waals surface area contributed by atoms with Crippen molar-refractivity contribution >= 4 is 15.9 Å². The second kappa shape index (κ2) is 4.14. The van der Waals surface area contributed by atoms with Crippen LogP contribution in [0.4, 0.5) is 0 Å². The standard InChI is InChI=1S/C11H18BrN/c1-2-3-6-13-10-4-5-11(13)8-9(12)7-10/h2-3,9-11H,4-8H2,1H3/b3-2+. The highest BCUT2D eigenvalue weighted by atomic mass is 79.9. The summed E-state index contributed by atoms with van der Waals surface area (Å²) in [5.41, 5.74) is 0. The average Bonchev–Trinajstić information content (AvgIpc) is 2.33. The average molecular weight is 244 g/mol. The summed E-state index contributed by atoms with van der Waals surface area (Å²) in [4.78, 5) is 3.48. The number of rotatable bonds is 2. The fraction of sp³-hybridized carbons (Fsp3) is 0.818. The Bertz CT molecular complexity index is 188. The van der Waals surface area contributed by atoms with Crippen molar-refractivity contribution in [3.63, 3.8) is 0 Å². The maximum Gasteiger partial charge on any atom is 0.0175 e. The van der Waals surface area contributed by atoms with E-state index in [1.165, 1.54) is 32.2 Å². The minimum absolute atomic E-state index is 0.784. The lowest BCUT2D eigenvalue weighted by Crippen LogP contribution is -2.43. The van der Waals surface area contributed by atoms with Gasteiger partial charge in [0.1, 0.15) is 0 Å². The Morgan fingerprint density at radius 1 is 1.31 bits per heavy atom. The van der Waals surface area contributed by atoms with Crippen molar-refractivity contribution in [3.05, 3.63) is 12.2 Å². The third kappa shape index (κ3) is 1.99. The maximum atomic E-state index is 3.76. The molecule has 2 heteroatoms. The first-order valence-corrected chi connectivity index (χ1v) is 6.23. The molecule has 13 heavy (non-hydrogen) atoms. The zero-order valence-electron chi connectivity index (χ0n) is 8.25. The SMILES string of the molecule is C/C=C/CN1C2CCC1CC(Br)C2. The van der Waals surface area contributed by atoms with E-state index in [-0.39, 0.29) is 0 Å². The zero-order chi connectivity index (χ0) is 9.26. The molecule has 1 nitrogen and oxygen atoms in total. The predicted octanol–water partition coefficient (Wildman–Crippen LogP) is 2.95. The highest BCUT2D eigenvalue weighted by Crippen LogP contribution is 2.38. The molecule has 2 bridgehead atoms. The van der Waals surface area contributed by atoms with Gasteiger partial charge in [-0.3, -0.25) is 4.90 Å². The molecule has 74 valence electrons. The number of hydrogen-bond donors (Lipinski definition) is 0. The summed E-state index contributed by atoms with van der Waals surface area (Å²) in [7, 11) is 0. The van der Waals surface area contributed by atoms with Crippen LogP contribution in [0.2, 0.25) is 0 Å². The van der Waals surface area contributed by atoms with Gasteiger partial charge in [-0.2, -0.15) is 0 Å². The van der Waals surface area contributed by atoms with E-state index in [1.54, 1.807) is 0 Å². The van der Waals surface area contributed by atoms with Gasteiger partial charge in [0, 0.05) is 23.5 Å². The Morgan fingerprint density at radius 3 is 2.46 bits per heavy atom. The summed E-state index contributed by atoms with van der Waals surface area (Å²) in [6.45, 7) is 3.28. The van der Waals surface area contributed by atoms with Gasteiger partial charge < -0.3 is 0 Å². The summed E-state index contributed by atoms with van der Waals surface area (Å²) >= 11 is 3.76. The van der Waals surface area contributed by atoms with Crippen LogP contribution in [0.25, 0.3) is 0 Å². The molecule has 0 radical (unpaired) electrons. The topological polar surface area (TPSA) is 3.24 Å². The summed E-state index contributed by atoms with van der Waals surface area (Å²) in [5.74, 6) is 0. The van der Waals surface area contributed by atoms with Crippen LogP contribution in [0, 0.1) is 0 Å². The third-order valence-electron chi connectivity index (χ3n) is 3.38. The molecule has 0 amide bonds. The largest absolute Gasteiger partial charge is 0.294 e. The molecular formula is C11H18BrN. The van der Waals surface area contributed by atoms with Crippen LogP contribution in [0.15, 0.2) is 12.2 Å². The van der Waals surface area contributed by atoms with Crippen molar-refractivity contribution in [1.29, 1.82) is 0 Å². The highest BCUT2D eigenvalue weighted by molar-refractivity contribution is 9.09. The van der Waals surface area contributed by atoms with E-state index in [9.17, 15) is 0 Å². The molecule has 0 N–H and O–H groups in total. The maximum absolute atomic E-state index is 3.76. The lowest BCUT2D eigenvalue weighted by Gasteiger charge is -2.36. The summed E-state index contributed by atoms with van der Waals surface area (Å²) in [5, 5.41) is 0. The number of piperidine rings is 1. The zero-order valence-corrected chi connectivity index (χ0v) is 9.83. The molecule has 2 atom stereocenters. The van der Waals surface area contributed by atoms with Crippen molar-refractivity contribution in [2.75, 3.05) is 6.54 Å². The van der Waals surface area contributed by atoms with Gasteiger partial charge in [0.2, 0.25) is 0 Å². The second-order valence-corrected chi connectivity index (χ2v) is 5.51. The van der Waals surface area contributed by atoms with Crippen molar-refractivity contribution < 1.29 is 0 Å². The Kier molecular flexibility index (Phi) is 3.10. The Morgan fingerprint density at radius 2 is 1.92 bits per heavy atom. The van der Waals surface area contributed by atoms with Gasteiger partial charge in [-0.1, -0.05) is 28.1 Å². The summed E-state index contributed by atoms with van der Waals surface area (Å²) < 4.78 is 0. The molecule has 0 aromatic rings. The number of fused-ring (bicyclic) bond motifs is 2. The molecule has 2 rings (SSSR count). The van der Waals surface area contributed by atoms with Crippen molar-refractivity contribution in [3.8, 4) is 0 Å². The third-order valence-corrected chi connectivity index (χ3v) is 4.13. The van der Waals surface area contributed by atoms with E-state index in [0.29, 0.717) is 0 Å². The van der Waals surface area contributed by atoms with Gasteiger partial charge in [-0.25, -0.2) is 0 Å². The van der Waals surface area contributed by atoms with Crippen LogP contribution in [-0.4, -0.2) is 28.4 Å².